The van der Waals surface area contributed by atoms with Crippen molar-refractivity contribution in [3.8, 4) is 0 Å². The molecule has 6 heteroatoms. The number of halogens is 2. The average Bonchev–Trinajstić information content (AvgIpc) is 2.68. The summed E-state index contributed by atoms with van der Waals surface area (Å²) < 4.78 is 32.1. The van der Waals surface area contributed by atoms with E-state index in [0.717, 1.165) is 44.5 Å². The second-order valence-electron chi connectivity index (χ2n) is 7.37. The van der Waals surface area contributed by atoms with E-state index in [1.165, 1.54) is 25.3 Å². The largest absolute Gasteiger partial charge is 0.381 e. The highest BCUT2D eigenvalue weighted by Crippen LogP contribution is 2.32. The average molecular weight is 366 g/mol. The molecule has 0 radical (unpaired) electrons. The molecular weight excluding hydrogens is 338 g/mol. The molecule has 4 nitrogen and oxygen atoms in total. The van der Waals surface area contributed by atoms with Gasteiger partial charge < -0.3 is 10.1 Å². The summed E-state index contributed by atoms with van der Waals surface area (Å²) in [7, 11) is 1.73. The van der Waals surface area contributed by atoms with E-state index in [-0.39, 0.29) is 23.5 Å². The topological polar surface area (TPSA) is 41.6 Å². The van der Waals surface area contributed by atoms with E-state index in [0.29, 0.717) is 12.6 Å². The number of rotatable bonds is 5. The SMILES string of the molecule is COC1CCCC(N2CCCCC2)C1CNC(=O)c1ccc(F)c(F)c1. The predicted molar refractivity (Wildman–Crippen MR) is 96.0 cm³/mol. The standard InChI is InChI=1S/C20H28F2N2O2/c1-26-19-7-5-6-18(24-10-3-2-4-11-24)15(19)13-23-20(25)14-8-9-16(21)17(22)12-14/h8-9,12,15,18-19H,2-7,10-11,13H2,1H3,(H,23,25). The van der Waals surface area contributed by atoms with Gasteiger partial charge in [-0.25, -0.2) is 8.78 Å². The van der Waals surface area contributed by atoms with Crippen LogP contribution in [-0.4, -0.2) is 49.7 Å². The number of ether oxygens (including phenoxy) is 1. The highest BCUT2D eigenvalue weighted by Gasteiger charge is 2.37. The summed E-state index contributed by atoms with van der Waals surface area (Å²) in [5, 5.41) is 2.91. The first-order chi connectivity index (χ1) is 12.6. The molecule has 1 N–H and O–H groups in total. The van der Waals surface area contributed by atoms with Crippen molar-refractivity contribution >= 4 is 5.91 Å². The van der Waals surface area contributed by atoms with Crippen LogP contribution in [-0.2, 0) is 4.74 Å². The highest BCUT2D eigenvalue weighted by atomic mass is 19.2. The minimum Gasteiger partial charge on any atom is -0.381 e. The monoisotopic (exact) mass is 366 g/mol. The Labute approximate surface area is 153 Å². The van der Waals surface area contributed by atoms with Crippen LogP contribution in [0, 0.1) is 17.6 Å². The van der Waals surface area contributed by atoms with E-state index in [1.54, 1.807) is 7.11 Å². The van der Waals surface area contributed by atoms with Gasteiger partial charge in [-0.15, -0.1) is 0 Å². The Morgan fingerprint density at radius 2 is 1.92 bits per heavy atom. The number of carbonyl (C=O) groups is 1. The molecule has 3 rings (SSSR count). The number of benzene rings is 1. The smallest absolute Gasteiger partial charge is 0.251 e. The number of methoxy groups -OCH3 is 1. The number of amides is 1. The van der Waals surface area contributed by atoms with Gasteiger partial charge in [0.25, 0.3) is 5.91 Å². The van der Waals surface area contributed by atoms with Gasteiger partial charge in [0.1, 0.15) is 0 Å². The van der Waals surface area contributed by atoms with Crippen molar-refractivity contribution < 1.29 is 18.3 Å². The van der Waals surface area contributed by atoms with E-state index in [2.05, 4.69) is 10.2 Å². The molecule has 26 heavy (non-hydrogen) atoms. The number of nitrogens with zero attached hydrogens (tertiary/aromatic N) is 1. The maximum Gasteiger partial charge on any atom is 0.251 e. The zero-order valence-corrected chi connectivity index (χ0v) is 15.3. The summed E-state index contributed by atoms with van der Waals surface area (Å²) in [6.45, 7) is 2.70. The van der Waals surface area contributed by atoms with E-state index >= 15 is 0 Å². The summed E-state index contributed by atoms with van der Waals surface area (Å²) in [6.07, 6.45) is 7.09. The van der Waals surface area contributed by atoms with Crippen LogP contribution in [0.2, 0.25) is 0 Å². The number of hydrogen-bond donors (Lipinski definition) is 1. The van der Waals surface area contributed by atoms with Gasteiger partial charge in [-0.2, -0.15) is 0 Å². The molecule has 2 aliphatic rings. The van der Waals surface area contributed by atoms with Gasteiger partial charge >= 0.3 is 0 Å². The molecule has 0 spiro atoms. The lowest BCUT2D eigenvalue weighted by Gasteiger charge is -2.45. The Balaban J connectivity index is 1.66. The number of hydrogen-bond acceptors (Lipinski definition) is 3. The van der Waals surface area contributed by atoms with Crippen molar-refractivity contribution in [1.82, 2.24) is 10.2 Å². The first kappa shape index (κ1) is 19.2. The maximum absolute atomic E-state index is 13.4. The van der Waals surface area contributed by atoms with Crippen molar-refractivity contribution in [2.45, 2.75) is 50.7 Å². The summed E-state index contributed by atoms with van der Waals surface area (Å²) in [5.41, 5.74) is 0.142. The highest BCUT2D eigenvalue weighted by molar-refractivity contribution is 5.94. The van der Waals surface area contributed by atoms with Gasteiger partial charge in [-0.05, 0) is 63.4 Å². The number of carbonyl (C=O) groups excluding carboxylic acids is 1. The van der Waals surface area contributed by atoms with Crippen LogP contribution < -0.4 is 5.32 Å². The zero-order chi connectivity index (χ0) is 18.5. The van der Waals surface area contributed by atoms with Crippen LogP contribution in [0.25, 0.3) is 0 Å². The van der Waals surface area contributed by atoms with Crippen molar-refractivity contribution in [3.63, 3.8) is 0 Å². The molecule has 1 aliphatic heterocycles. The molecule has 1 aliphatic carbocycles. The third-order valence-corrected chi connectivity index (χ3v) is 5.80. The molecular formula is C20H28F2N2O2. The molecule has 1 aromatic rings. The van der Waals surface area contributed by atoms with Gasteiger partial charge in [-0.1, -0.05) is 6.42 Å². The van der Waals surface area contributed by atoms with Crippen molar-refractivity contribution in [3.05, 3.63) is 35.4 Å². The molecule has 1 aromatic carbocycles. The maximum atomic E-state index is 13.4. The Bertz CT molecular complexity index is 620. The number of piperidine rings is 1. The molecule has 1 saturated heterocycles. The Morgan fingerprint density at radius 1 is 1.15 bits per heavy atom. The summed E-state index contributed by atoms with van der Waals surface area (Å²) >= 11 is 0. The third-order valence-electron chi connectivity index (χ3n) is 5.80. The van der Waals surface area contributed by atoms with Crippen LogP contribution in [0.1, 0.15) is 48.9 Å². The first-order valence-corrected chi connectivity index (χ1v) is 9.60. The Kier molecular flexibility index (Phi) is 6.59. The zero-order valence-electron chi connectivity index (χ0n) is 15.3. The predicted octanol–water partition coefficient (Wildman–Crippen LogP) is 3.36. The fourth-order valence-electron chi connectivity index (χ4n) is 4.42. The quantitative estimate of drug-likeness (QED) is 0.869. The fraction of sp³-hybridized carbons (Fsp3) is 0.650. The van der Waals surface area contributed by atoms with Gasteiger partial charge in [0, 0.05) is 31.2 Å². The lowest BCUT2D eigenvalue weighted by Crippen LogP contribution is -2.53. The summed E-state index contributed by atoms with van der Waals surface area (Å²) in [5.74, 6) is -2.11. The van der Waals surface area contributed by atoms with E-state index < -0.39 is 11.6 Å². The lowest BCUT2D eigenvalue weighted by atomic mass is 9.80. The van der Waals surface area contributed by atoms with Gasteiger partial charge in [0.05, 0.1) is 6.10 Å². The normalized spacial score (nSPS) is 27.3. The molecule has 2 fully saturated rings. The van der Waals surface area contributed by atoms with Gasteiger partial charge in [-0.3, -0.25) is 9.69 Å². The summed E-state index contributed by atoms with van der Waals surface area (Å²) in [4.78, 5) is 14.9. The number of nitrogens with one attached hydrogen (secondary N) is 1. The minimum absolute atomic E-state index is 0.112. The van der Waals surface area contributed by atoms with Crippen LogP contribution in [0.5, 0.6) is 0 Å². The molecule has 0 bridgehead atoms. The molecule has 1 amide bonds. The molecule has 144 valence electrons. The van der Waals surface area contributed by atoms with Crippen LogP contribution >= 0.6 is 0 Å². The van der Waals surface area contributed by atoms with Crippen molar-refractivity contribution in [2.24, 2.45) is 5.92 Å². The lowest BCUT2D eigenvalue weighted by molar-refractivity contribution is -0.0293. The van der Waals surface area contributed by atoms with E-state index in [9.17, 15) is 13.6 Å². The van der Waals surface area contributed by atoms with Gasteiger partial charge in [0.2, 0.25) is 0 Å². The van der Waals surface area contributed by atoms with Crippen LogP contribution in [0.3, 0.4) is 0 Å². The van der Waals surface area contributed by atoms with Crippen LogP contribution in [0.15, 0.2) is 18.2 Å². The second kappa shape index (κ2) is 8.91. The van der Waals surface area contributed by atoms with Gasteiger partial charge in [0.15, 0.2) is 11.6 Å². The van der Waals surface area contributed by atoms with Crippen molar-refractivity contribution in [1.29, 1.82) is 0 Å². The number of likely N-dealkylation sites (tertiary alicyclic amines) is 1. The first-order valence-electron chi connectivity index (χ1n) is 9.60. The molecule has 3 unspecified atom stereocenters. The molecule has 0 aromatic heterocycles. The summed E-state index contributed by atoms with van der Waals surface area (Å²) in [6, 6.07) is 3.64. The van der Waals surface area contributed by atoms with Crippen molar-refractivity contribution in [2.75, 3.05) is 26.7 Å². The molecule has 3 atom stereocenters. The third kappa shape index (κ3) is 4.41. The Morgan fingerprint density at radius 3 is 2.62 bits per heavy atom. The van der Waals surface area contributed by atoms with E-state index in [4.69, 9.17) is 4.74 Å². The van der Waals surface area contributed by atoms with E-state index in [1.807, 2.05) is 0 Å². The molecule has 1 saturated carbocycles. The second-order valence-corrected chi connectivity index (χ2v) is 7.37. The molecule has 1 heterocycles. The minimum atomic E-state index is -1.00. The Hall–Kier alpha value is -1.53. The van der Waals surface area contributed by atoms with Crippen LogP contribution in [0.4, 0.5) is 8.78 Å². The fourth-order valence-corrected chi connectivity index (χ4v) is 4.42.